The van der Waals surface area contributed by atoms with Crippen molar-refractivity contribution >= 4 is 33.5 Å². The van der Waals surface area contributed by atoms with Crippen LogP contribution in [0.25, 0.3) is 0 Å². The maximum atomic E-state index is 8.62. The predicted octanol–water partition coefficient (Wildman–Crippen LogP) is 2.43. The third-order valence-corrected chi connectivity index (χ3v) is 4.38. The molecular formula is C11H11BrN4OS. The topological polar surface area (TPSA) is 76.4 Å². The standard InChI is InChI=1S/C11H11BrN4OS/c1-16-5-4-14-11(16)18-9-3-2-7(6-8(9)12)10(13)15-17/h2-6,17H,1H3,(H2,13,15). The summed E-state index contributed by atoms with van der Waals surface area (Å²) in [6, 6.07) is 5.50. The van der Waals surface area contributed by atoms with Crippen molar-refractivity contribution in [1.29, 1.82) is 0 Å². The number of imidazole rings is 1. The van der Waals surface area contributed by atoms with Crippen LogP contribution in [-0.4, -0.2) is 20.6 Å². The van der Waals surface area contributed by atoms with E-state index in [1.54, 1.807) is 18.3 Å². The average Bonchev–Trinajstić information content (AvgIpc) is 2.76. The van der Waals surface area contributed by atoms with E-state index in [-0.39, 0.29) is 5.84 Å². The summed E-state index contributed by atoms with van der Waals surface area (Å²) in [5.74, 6) is 0.0873. The van der Waals surface area contributed by atoms with Crippen molar-refractivity contribution in [2.45, 2.75) is 10.1 Å². The van der Waals surface area contributed by atoms with Crippen LogP contribution in [0.1, 0.15) is 5.56 Å². The molecule has 7 heteroatoms. The Morgan fingerprint density at radius 3 is 2.89 bits per heavy atom. The molecule has 0 bridgehead atoms. The molecule has 2 aromatic rings. The summed E-state index contributed by atoms with van der Waals surface area (Å²) in [6.45, 7) is 0. The minimum absolute atomic E-state index is 0.0873. The number of hydrogen-bond donors (Lipinski definition) is 2. The van der Waals surface area contributed by atoms with Gasteiger partial charge in [-0.05, 0) is 34.1 Å². The maximum absolute atomic E-state index is 8.62. The first kappa shape index (κ1) is 13.0. The van der Waals surface area contributed by atoms with E-state index in [0.717, 1.165) is 14.5 Å². The van der Waals surface area contributed by atoms with Gasteiger partial charge in [0.15, 0.2) is 11.0 Å². The van der Waals surface area contributed by atoms with Crippen LogP contribution < -0.4 is 5.73 Å². The summed E-state index contributed by atoms with van der Waals surface area (Å²) in [5, 5.41) is 12.5. The molecule has 1 aromatic heterocycles. The Hall–Kier alpha value is -1.47. The Labute approximate surface area is 117 Å². The molecule has 1 aromatic carbocycles. The van der Waals surface area contributed by atoms with E-state index < -0.39 is 0 Å². The zero-order valence-electron chi connectivity index (χ0n) is 9.54. The fourth-order valence-corrected chi connectivity index (χ4v) is 2.78. The summed E-state index contributed by atoms with van der Waals surface area (Å²) in [4.78, 5) is 5.26. The molecule has 0 aliphatic carbocycles. The molecule has 3 N–H and O–H groups in total. The molecule has 18 heavy (non-hydrogen) atoms. The van der Waals surface area contributed by atoms with Crippen molar-refractivity contribution in [3.05, 3.63) is 40.6 Å². The molecule has 0 amide bonds. The molecule has 0 radical (unpaired) electrons. The zero-order valence-corrected chi connectivity index (χ0v) is 11.9. The van der Waals surface area contributed by atoms with Crippen LogP contribution in [0.15, 0.2) is 50.3 Å². The lowest BCUT2D eigenvalue weighted by molar-refractivity contribution is 0.318. The van der Waals surface area contributed by atoms with E-state index in [4.69, 9.17) is 10.9 Å². The second kappa shape index (κ2) is 5.45. The molecule has 5 nitrogen and oxygen atoms in total. The number of halogens is 1. The number of nitrogens with two attached hydrogens (primary N) is 1. The van der Waals surface area contributed by atoms with Crippen LogP contribution in [0.5, 0.6) is 0 Å². The number of benzene rings is 1. The Balaban J connectivity index is 2.28. The molecule has 2 rings (SSSR count). The van der Waals surface area contributed by atoms with Crippen LogP contribution in [0.4, 0.5) is 0 Å². The molecular weight excluding hydrogens is 316 g/mol. The number of hydrogen-bond acceptors (Lipinski definition) is 4. The van der Waals surface area contributed by atoms with Crippen molar-refractivity contribution in [3.63, 3.8) is 0 Å². The summed E-state index contributed by atoms with van der Waals surface area (Å²) in [5.41, 5.74) is 6.19. The van der Waals surface area contributed by atoms with Gasteiger partial charge in [0.2, 0.25) is 0 Å². The van der Waals surface area contributed by atoms with Crippen LogP contribution in [0.3, 0.4) is 0 Å². The van der Waals surface area contributed by atoms with Crippen LogP contribution in [0, 0.1) is 0 Å². The molecule has 0 unspecified atom stereocenters. The van der Waals surface area contributed by atoms with E-state index in [2.05, 4.69) is 26.1 Å². The number of nitrogens with zero attached hydrogens (tertiary/aromatic N) is 3. The Morgan fingerprint density at radius 1 is 1.56 bits per heavy atom. The van der Waals surface area contributed by atoms with Crippen molar-refractivity contribution in [3.8, 4) is 0 Å². The van der Waals surface area contributed by atoms with Crippen LogP contribution >= 0.6 is 27.7 Å². The van der Waals surface area contributed by atoms with Crippen LogP contribution in [-0.2, 0) is 7.05 Å². The molecule has 94 valence electrons. The first-order valence-corrected chi connectivity index (χ1v) is 6.65. The first-order chi connectivity index (χ1) is 8.61. The first-order valence-electron chi connectivity index (χ1n) is 5.04. The lowest BCUT2D eigenvalue weighted by atomic mass is 10.2. The second-order valence-electron chi connectivity index (χ2n) is 3.55. The molecule has 0 atom stereocenters. The molecule has 0 aliphatic heterocycles. The van der Waals surface area contributed by atoms with E-state index in [0.29, 0.717) is 5.56 Å². The SMILES string of the molecule is Cn1ccnc1Sc1ccc(/C(N)=N/O)cc1Br. The zero-order chi connectivity index (χ0) is 13.1. The number of aromatic nitrogens is 2. The fourth-order valence-electron chi connectivity index (χ4n) is 1.35. The monoisotopic (exact) mass is 326 g/mol. The normalized spacial score (nSPS) is 11.8. The average molecular weight is 327 g/mol. The minimum Gasteiger partial charge on any atom is -0.409 e. The van der Waals surface area contributed by atoms with Gasteiger partial charge in [0.25, 0.3) is 0 Å². The van der Waals surface area contributed by atoms with Gasteiger partial charge in [-0.2, -0.15) is 0 Å². The highest BCUT2D eigenvalue weighted by Crippen LogP contribution is 2.32. The quantitative estimate of drug-likeness (QED) is 0.393. The van der Waals surface area contributed by atoms with Gasteiger partial charge in [0, 0.05) is 34.4 Å². The van der Waals surface area contributed by atoms with Crippen molar-refractivity contribution in [1.82, 2.24) is 9.55 Å². The van der Waals surface area contributed by atoms with E-state index in [9.17, 15) is 0 Å². The van der Waals surface area contributed by atoms with E-state index in [1.807, 2.05) is 23.9 Å². The number of aryl methyl sites for hydroxylation is 1. The molecule has 0 fully saturated rings. The van der Waals surface area contributed by atoms with Gasteiger partial charge in [-0.15, -0.1) is 0 Å². The van der Waals surface area contributed by atoms with Gasteiger partial charge >= 0.3 is 0 Å². The van der Waals surface area contributed by atoms with Crippen molar-refractivity contribution in [2.75, 3.05) is 0 Å². The number of oxime groups is 1. The Kier molecular flexibility index (Phi) is 3.93. The molecule has 0 saturated carbocycles. The summed E-state index contributed by atoms with van der Waals surface area (Å²) in [6.07, 6.45) is 3.64. The lowest BCUT2D eigenvalue weighted by Crippen LogP contribution is -2.12. The molecule has 1 heterocycles. The summed E-state index contributed by atoms with van der Waals surface area (Å²) < 4.78 is 2.81. The predicted molar refractivity (Wildman–Crippen MR) is 74.0 cm³/mol. The van der Waals surface area contributed by atoms with Crippen molar-refractivity contribution < 1.29 is 5.21 Å². The number of rotatable bonds is 3. The second-order valence-corrected chi connectivity index (χ2v) is 5.42. The minimum atomic E-state index is 0.0873. The van der Waals surface area contributed by atoms with Crippen molar-refractivity contribution in [2.24, 2.45) is 17.9 Å². The molecule has 0 saturated heterocycles. The smallest absolute Gasteiger partial charge is 0.172 e. The van der Waals surface area contributed by atoms with E-state index in [1.165, 1.54) is 11.8 Å². The highest BCUT2D eigenvalue weighted by Gasteiger charge is 2.08. The fraction of sp³-hybridized carbons (Fsp3) is 0.0909. The molecule has 0 spiro atoms. The largest absolute Gasteiger partial charge is 0.409 e. The van der Waals surface area contributed by atoms with Crippen LogP contribution in [0.2, 0.25) is 0 Å². The van der Waals surface area contributed by atoms with Gasteiger partial charge in [0.05, 0.1) is 0 Å². The van der Waals surface area contributed by atoms with Gasteiger partial charge in [0.1, 0.15) is 0 Å². The van der Waals surface area contributed by atoms with Gasteiger partial charge in [-0.1, -0.05) is 16.9 Å². The summed E-state index contributed by atoms with van der Waals surface area (Å²) >= 11 is 5.00. The highest BCUT2D eigenvalue weighted by molar-refractivity contribution is 9.10. The van der Waals surface area contributed by atoms with Gasteiger partial charge < -0.3 is 15.5 Å². The number of amidine groups is 1. The van der Waals surface area contributed by atoms with Gasteiger partial charge in [-0.3, -0.25) is 0 Å². The third kappa shape index (κ3) is 2.68. The Morgan fingerprint density at radius 2 is 2.33 bits per heavy atom. The van der Waals surface area contributed by atoms with E-state index >= 15 is 0 Å². The lowest BCUT2D eigenvalue weighted by Gasteiger charge is -2.06. The third-order valence-electron chi connectivity index (χ3n) is 2.31. The maximum Gasteiger partial charge on any atom is 0.172 e. The Bertz CT molecular complexity index is 596. The summed E-state index contributed by atoms with van der Waals surface area (Å²) in [7, 11) is 1.94. The molecule has 0 aliphatic rings. The van der Waals surface area contributed by atoms with Gasteiger partial charge in [-0.25, -0.2) is 4.98 Å². The highest BCUT2D eigenvalue weighted by atomic mass is 79.9.